The van der Waals surface area contributed by atoms with Crippen molar-refractivity contribution in [2.45, 2.75) is 32.0 Å². The van der Waals surface area contributed by atoms with Crippen molar-refractivity contribution in [2.24, 2.45) is 5.92 Å². The molecule has 3 heteroatoms. The lowest BCUT2D eigenvalue weighted by Crippen LogP contribution is -2.43. The molecule has 0 aliphatic carbocycles. The number of carbonyl (C=O) groups is 1. The van der Waals surface area contributed by atoms with Crippen LogP contribution in [0.1, 0.15) is 34.8 Å². The van der Waals surface area contributed by atoms with Gasteiger partial charge >= 0.3 is 0 Å². The number of hydrogen-bond acceptors (Lipinski definition) is 1. The largest absolute Gasteiger partial charge is 0.338 e. The minimum atomic E-state index is 0.183. The minimum absolute atomic E-state index is 0.183. The van der Waals surface area contributed by atoms with Crippen LogP contribution in [0.3, 0.4) is 0 Å². The summed E-state index contributed by atoms with van der Waals surface area (Å²) in [4.78, 5) is 15.1. The number of halogens is 1. The Labute approximate surface area is 117 Å². The molecule has 0 radical (unpaired) electrons. The van der Waals surface area contributed by atoms with E-state index < -0.39 is 0 Å². The number of alkyl halides is 1. The second kappa shape index (κ2) is 5.43. The molecule has 2 nitrogen and oxygen atoms in total. The minimum Gasteiger partial charge on any atom is -0.338 e. The number of benzene rings is 1. The molecule has 18 heavy (non-hydrogen) atoms. The van der Waals surface area contributed by atoms with Crippen LogP contribution in [-0.2, 0) is 0 Å². The molecular weight excluding hydrogens is 290 g/mol. The summed E-state index contributed by atoms with van der Waals surface area (Å²) in [6.45, 7) is 7.94. The Morgan fingerprint density at radius 2 is 2.11 bits per heavy atom. The lowest BCUT2D eigenvalue weighted by molar-refractivity contribution is 0.0689. The molecular formula is C15H20BrNO. The SMILES string of the molecule is Cc1ccc(C)c(C(=O)N2CCC(Br)C(C)C2)c1. The molecule has 0 spiro atoms. The lowest BCUT2D eigenvalue weighted by Gasteiger charge is -2.34. The molecule has 1 heterocycles. The molecule has 2 atom stereocenters. The number of nitrogens with zero attached hydrogens (tertiary/aromatic N) is 1. The van der Waals surface area contributed by atoms with Gasteiger partial charge in [0.15, 0.2) is 0 Å². The first-order chi connectivity index (χ1) is 8.49. The van der Waals surface area contributed by atoms with Crippen molar-refractivity contribution in [3.8, 4) is 0 Å². The van der Waals surface area contributed by atoms with Crippen molar-refractivity contribution in [3.05, 3.63) is 34.9 Å². The fourth-order valence-electron chi connectivity index (χ4n) is 2.44. The van der Waals surface area contributed by atoms with Gasteiger partial charge < -0.3 is 4.90 Å². The maximum atomic E-state index is 12.5. The quantitative estimate of drug-likeness (QED) is 0.727. The zero-order chi connectivity index (χ0) is 13.3. The van der Waals surface area contributed by atoms with Crippen LogP contribution in [0.4, 0.5) is 0 Å². The van der Waals surface area contributed by atoms with E-state index in [0.717, 1.165) is 36.2 Å². The molecule has 0 aromatic heterocycles. The van der Waals surface area contributed by atoms with Gasteiger partial charge in [0.2, 0.25) is 0 Å². The smallest absolute Gasteiger partial charge is 0.254 e. The fourth-order valence-corrected chi connectivity index (χ4v) is 2.81. The van der Waals surface area contributed by atoms with Crippen LogP contribution in [0.15, 0.2) is 18.2 Å². The third kappa shape index (κ3) is 2.77. The molecule has 1 fully saturated rings. The first-order valence-electron chi connectivity index (χ1n) is 6.49. The van der Waals surface area contributed by atoms with E-state index in [1.165, 1.54) is 0 Å². The summed E-state index contributed by atoms with van der Waals surface area (Å²) in [7, 11) is 0. The van der Waals surface area contributed by atoms with E-state index >= 15 is 0 Å². The molecule has 1 amide bonds. The maximum absolute atomic E-state index is 12.5. The summed E-state index contributed by atoms with van der Waals surface area (Å²) in [5, 5.41) is 0. The predicted molar refractivity (Wildman–Crippen MR) is 78.3 cm³/mol. The Bertz CT molecular complexity index is 458. The van der Waals surface area contributed by atoms with Gasteiger partial charge in [0, 0.05) is 23.5 Å². The number of likely N-dealkylation sites (tertiary alicyclic amines) is 1. The van der Waals surface area contributed by atoms with Crippen LogP contribution in [0.25, 0.3) is 0 Å². The molecule has 0 bridgehead atoms. The second-order valence-electron chi connectivity index (χ2n) is 5.35. The highest BCUT2D eigenvalue weighted by atomic mass is 79.9. The van der Waals surface area contributed by atoms with Gasteiger partial charge in [0.25, 0.3) is 5.91 Å². The fraction of sp³-hybridized carbons (Fsp3) is 0.533. The van der Waals surface area contributed by atoms with Crippen molar-refractivity contribution >= 4 is 21.8 Å². The van der Waals surface area contributed by atoms with Crippen molar-refractivity contribution < 1.29 is 4.79 Å². The van der Waals surface area contributed by atoms with Gasteiger partial charge in [-0.25, -0.2) is 0 Å². The first-order valence-corrected chi connectivity index (χ1v) is 7.41. The van der Waals surface area contributed by atoms with Gasteiger partial charge in [-0.1, -0.05) is 40.5 Å². The van der Waals surface area contributed by atoms with Crippen molar-refractivity contribution in [2.75, 3.05) is 13.1 Å². The summed E-state index contributed by atoms with van der Waals surface area (Å²) in [5.41, 5.74) is 3.07. The van der Waals surface area contributed by atoms with Gasteiger partial charge in [-0.15, -0.1) is 0 Å². The summed E-state index contributed by atoms with van der Waals surface area (Å²) < 4.78 is 0. The summed E-state index contributed by atoms with van der Waals surface area (Å²) in [6.07, 6.45) is 1.04. The monoisotopic (exact) mass is 309 g/mol. The second-order valence-corrected chi connectivity index (χ2v) is 6.53. The molecule has 1 aliphatic rings. The van der Waals surface area contributed by atoms with E-state index in [4.69, 9.17) is 0 Å². The van der Waals surface area contributed by atoms with Crippen LogP contribution >= 0.6 is 15.9 Å². The van der Waals surface area contributed by atoms with E-state index in [2.05, 4.69) is 28.9 Å². The summed E-state index contributed by atoms with van der Waals surface area (Å²) in [6, 6.07) is 6.09. The predicted octanol–water partition coefficient (Wildman–Crippen LogP) is 3.55. The third-order valence-corrected chi connectivity index (χ3v) is 5.07. The summed E-state index contributed by atoms with van der Waals surface area (Å²) in [5.74, 6) is 0.704. The third-order valence-electron chi connectivity index (χ3n) is 3.71. The van der Waals surface area contributed by atoms with Gasteiger partial charge in [0.05, 0.1) is 0 Å². The Morgan fingerprint density at radius 3 is 2.78 bits per heavy atom. The molecule has 0 N–H and O–H groups in total. The van der Waals surface area contributed by atoms with Crippen molar-refractivity contribution in [3.63, 3.8) is 0 Å². The zero-order valence-electron chi connectivity index (χ0n) is 11.2. The van der Waals surface area contributed by atoms with Gasteiger partial charge in [-0.3, -0.25) is 4.79 Å². The highest BCUT2D eigenvalue weighted by Crippen LogP contribution is 2.25. The van der Waals surface area contributed by atoms with Crippen LogP contribution in [0, 0.1) is 19.8 Å². The van der Waals surface area contributed by atoms with Crippen molar-refractivity contribution in [1.29, 1.82) is 0 Å². The highest BCUT2D eigenvalue weighted by molar-refractivity contribution is 9.09. The summed E-state index contributed by atoms with van der Waals surface area (Å²) >= 11 is 3.67. The van der Waals surface area contributed by atoms with Crippen LogP contribution in [-0.4, -0.2) is 28.7 Å². The molecule has 98 valence electrons. The van der Waals surface area contributed by atoms with E-state index in [1.807, 2.05) is 30.9 Å². The van der Waals surface area contributed by atoms with E-state index in [9.17, 15) is 4.79 Å². The molecule has 1 aromatic rings. The zero-order valence-corrected chi connectivity index (χ0v) is 12.8. The maximum Gasteiger partial charge on any atom is 0.254 e. The molecule has 1 aliphatic heterocycles. The van der Waals surface area contributed by atoms with Gasteiger partial charge in [-0.2, -0.15) is 0 Å². The van der Waals surface area contributed by atoms with E-state index in [0.29, 0.717) is 10.7 Å². The molecule has 2 rings (SSSR count). The number of aryl methyl sites for hydroxylation is 2. The Kier molecular flexibility index (Phi) is 4.10. The van der Waals surface area contributed by atoms with Crippen LogP contribution < -0.4 is 0 Å². The lowest BCUT2D eigenvalue weighted by atomic mass is 9.98. The van der Waals surface area contributed by atoms with Crippen molar-refractivity contribution in [1.82, 2.24) is 4.90 Å². The van der Waals surface area contributed by atoms with E-state index in [-0.39, 0.29) is 5.91 Å². The normalized spacial score (nSPS) is 24.1. The number of hydrogen-bond donors (Lipinski definition) is 0. The van der Waals surface area contributed by atoms with Crippen LogP contribution in [0.2, 0.25) is 0 Å². The Morgan fingerprint density at radius 1 is 1.39 bits per heavy atom. The Hall–Kier alpha value is -0.830. The number of amides is 1. The van der Waals surface area contributed by atoms with Crippen LogP contribution in [0.5, 0.6) is 0 Å². The standard InChI is InChI=1S/C15H20BrNO/c1-10-4-5-11(2)13(8-10)15(18)17-7-6-14(16)12(3)9-17/h4-5,8,12,14H,6-7,9H2,1-3H3. The Balaban J connectivity index is 2.19. The molecule has 0 saturated carbocycles. The average molecular weight is 310 g/mol. The first kappa shape index (κ1) is 13.6. The highest BCUT2D eigenvalue weighted by Gasteiger charge is 2.28. The number of rotatable bonds is 1. The van der Waals surface area contributed by atoms with Gasteiger partial charge in [-0.05, 0) is 37.8 Å². The van der Waals surface area contributed by atoms with Gasteiger partial charge in [0.1, 0.15) is 0 Å². The number of piperidine rings is 1. The molecule has 1 aromatic carbocycles. The molecule has 2 unspecified atom stereocenters. The average Bonchev–Trinajstić information content (AvgIpc) is 2.35. The topological polar surface area (TPSA) is 20.3 Å². The number of carbonyl (C=O) groups excluding carboxylic acids is 1. The van der Waals surface area contributed by atoms with E-state index in [1.54, 1.807) is 0 Å². The molecule has 1 saturated heterocycles.